The quantitative estimate of drug-likeness (QED) is 0.836. The number of benzene rings is 2. The topological polar surface area (TPSA) is 38.3 Å². The summed E-state index contributed by atoms with van der Waals surface area (Å²) < 4.78 is 4.65. The fourth-order valence-electron chi connectivity index (χ4n) is 1.64. The molecule has 2 aromatic rings. The van der Waals surface area contributed by atoms with E-state index in [1.165, 1.54) is 12.7 Å². The van der Waals surface area contributed by atoms with Crippen LogP contribution in [0, 0.1) is 0 Å². The van der Waals surface area contributed by atoms with Gasteiger partial charge in [0.1, 0.15) is 0 Å². The highest BCUT2D eigenvalue weighted by Gasteiger charge is 2.03. The number of esters is 1. The van der Waals surface area contributed by atoms with Crippen molar-refractivity contribution in [3.63, 3.8) is 0 Å². The lowest BCUT2D eigenvalue weighted by atomic mass is 10.2. The molecule has 0 bridgehead atoms. The first kappa shape index (κ1) is 12.2. The maximum Gasteiger partial charge on any atom is 0.337 e. The Morgan fingerprint density at radius 3 is 2.33 bits per heavy atom. The molecule has 0 heterocycles. The number of anilines is 1. The predicted molar refractivity (Wildman–Crippen MR) is 71.6 cm³/mol. The van der Waals surface area contributed by atoms with Crippen molar-refractivity contribution in [3.8, 4) is 0 Å². The molecule has 3 nitrogen and oxygen atoms in total. The average molecular weight is 241 g/mol. The van der Waals surface area contributed by atoms with Crippen molar-refractivity contribution in [1.82, 2.24) is 0 Å². The van der Waals surface area contributed by atoms with Gasteiger partial charge in [-0.1, -0.05) is 30.3 Å². The highest BCUT2D eigenvalue weighted by atomic mass is 16.5. The van der Waals surface area contributed by atoms with Gasteiger partial charge in [0.05, 0.1) is 12.7 Å². The maximum absolute atomic E-state index is 11.3. The molecule has 0 spiro atoms. The molecule has 0 unspecified atom stereocenters. The van der Waals surface area contributed by atoms with Gasteiger partial charge < -0.3 is 10.1 Å². The van der Waals surface area contributed by atoms with E-state index in [4.69, 9.17) is 0 Å². The fourth-order valence-corrected chi connectivity index (χ4v) is 1.64. The van der Waals surface area contributed by atoms with Gasteiger partial charge in [0, 0.05) is 12.2 Å². The zero-order valence-corrected chi connectivity index (χ0v) is 10.2. The Balaban J connectivity index is 1.97. The Labute approximate surface area is 106 Å². The van der Waals surface area contributed by atoms with Crippen LogP contribution in [0.4, 0.5) is 5.69 Å². The Morgan fingerprint density at radius 1 is 1.06 bits per heavy atom. The summed E-state index contributed by atoms with van der Waals surface area (Å²) in [5.74, 6) is -0.315. The van der Waals surface area contributed by atoms with Gasteiger partial charge >= 0.3 is 5.97 Å². The molecule has 0 aromatic heterocycles. The van der Waals surface area contributed by atoms with Gasteiger partial charge in [-0.15, -0.1) is 0 Å². The van der Waals surface area contributed by atoms with Crippen molar-refractivity contribution in [1.29, 1.82) is 0 Å². The third-order valence-electron chi connectivity index (χ3n) is 2.65. The molecule has 0 radical (unpaired) electrons. The van der Waals surface area contributed by atoms with E-state index < -0.39 is 0 Å². The molecular formula is C15H15NO2. The second kappa shape index (κ2) is 5.87. The Kier molecular flexibility index (Phi) is 3.97. The monoisotopic (exact) mass is 241 g/mol. The molecule has 1 N–H and O–H groups in total. The molecule has 2 rings (SSSR count). The molecule has 0 aliphatic carbocycles. The van der Waals surface area contributed by atoms with Crippen molar-refractivity contribution in [2.45, 2.75) is 6.54 Å². The number of ether oxygens (including phenoxy) is 1. The van der Waals surface area contributed by atoms with E-state index >= 15 is 0 Å². The van der Waals surface area contributed by atoms with Crippen LogP contribution >= 0.6 is 0 Å². The van der Waals surface area contributed by atoms with Gasteiger partial charge in [-0.2, -0.15) is 0 Å². The number of rotatable bonds is 4. The third kappa shape index (κ3) is 3.10. The minimum absolute atomic E-state index is 0.315. The van der Waals surface area contributed by atoms with Crippen LogP contribution in [0.1, 0.15) is 15.9 Å². The van der Waals surface area contributed by atoms with Gasteiger partial charge in [0.15, 0.2) is 0 Å². The second-order valence-electron chi connectivity index (χ2n) is 3.91. The van der Waals surface area contributed by atoms with Crippen LogP contribution in [0.2, 0.25) is 0 Å². The van der Waals surface area contributed by atoms with Crippen molar-refractivity contribution < 1.29 is 9.53 Å². The summed E-state index contributed by atoms with van der Waals surface area (Å²) in [5.41, 5.74) is 2.75. The van der Waals surface area contributed by atoms with Crippen molar-refractivity contribution in [2.24, 2.45) is 0 Å². The Hall–Kier alpha value is -2.29. The smallest absolute Gasteiger partial charge is 0.337 e. The zero-order chi connectivity index (χ0) is 12.8. The van der Waals surface area contributed by atoms with Crippen LogP contribution in [0.15, 0.2) is 54.6 Å². The molecule has 0 aliphatic rings. The summed E-state index contributed by atoms with van der Waals surface area (Å²) in [6.07, 6.45) is 0. The Bertz CT molecular complexity index is 506. The van der Waals surface area contributed by atoms with Gasteiger partial charge in [-0.05, 0) is 29.8 Å². The maximum atomic E-state index is 11.3. The van der Waals surface area contributed by atoms with E-state index in [0.717, 1.165) is 12.2 Å². The van der Waals surface area contributed by atoms with Crippen molar-refractivity contribution in [3.05, 3.63) is 65.7 Å². The van der Waals surface area contributed by atoms with Gasteiger partial charge in [0.2, 0.25) is 0 Å². The first-order valence-electron chi connectivity index (χ1n) is 5.76. The normalized spacial score (nSPS) is 9.83. The number of hydrogen-bond acceptors (Lipinski definition) is 3. The van der Waals surface area contributed by atoms with E-state index in [1.54, 1.807) is 12.1 Å². The molecule has 0 amide bonds. The molecule has 0 saturated heterocycles. The summed E-state index contributed by atoms with van der Waals surface area (Å²) >= 11 is 0. The lowest BCUT2D eigenvalue weighted by Crippen LogP contribution is -2.02. The molecule has 0 atom stereocenters. The lowest BCUT2D eigenvalue weighted by molar-refractivity contribution is 0.0601. The van der Waals surface area contributed by atoms with Crippen LogP contribution in [-0.2, 0) is 11.3 Å². The minimum atomic E-state index is -0.315. The predicted octanol–water partition coefficient (Wildman–Crippen LogP) is 3.09. The van der Waals surface area contributed by atoms with Crippen LogP contribution in [0.3, 0.4) is 0 Å². The number of carbonyl (C=O) groups excluding carboxylic acids is 1. The van der Waals surface area contributed by atoms with E-state index in [1.807, 2.05) is 30.3 Å². The van der Waals surface area contributed by atoms with Crippen LogP contribution in [-0.4, -0.2) is 13.1 Å². The molecular weight excluding hydrogens is 226 g/mol. The highest BCUT2D eigenvalue weighted by molar-refractivity contribution is 5.89. The number of methoxy groups -OCH3 is 1. The highest BCUT2D eigenvalue weighted by Crippen LogP contribution is 2.11. The standard InChI is InChI=1S/C15H15NO2/c1-18-15(17)13-7-9-14(10-8-13)16-11-12-5-3-2-4-6-12/h2-10,16H,11H2,1H3. The van der Waals surface area contributed by atoms with Crippen molar-refractivity contribution >= 4 is 11.7 Å². The molecule has 0 fully saturated rings. The number of nitrogens with one attached hydrogen (secondary N) is 1. The average Bonchev–Trinajstić information content (AvgIpc) is 2.46. The van der Waals surface area contributed by atoms with E-state index in [0.29, 0.717) is 5.56 Å². The van der Waals surface area contributed by atoms with E-state index in [2.05, 4.69) is 22.2 Å². The van der Waals surface area contributed by atoms with Crippen LogP contribution < -0.4 is 5.32 Å². The zero-order valence-electron chi connectivity index (χ0n) is 10.2. The Morgan fingerprint density at radius 2 is 1.72 bits per heavy atom. The number of carbonyl (C=O) groups is 1. The summed E-state index contributed by atoms with van der Waals surface area (Å²) in [7, 11) is 1.38. The van der Waals surface area contributed by atoms with E-state index in [-0.39, 0.29) is 5.97 Å². The summed E-state index contributed by atoms with van der Waals surface area (Å²) in [6, 6.07) is 17.4. The third-order valence-corrected chi connectivity index (χ3v) is 2.65. The van der Waals surface area contributed by atoms with Gasteiger partial charge in [-0.25, -0.2) is 4.79 Å². The van der Waals surface area contributed by atoms with Crippen LogP contribution in [0.25, 0.3) is 0 Å². The minimum Gasteiger partial charge on any atom is -0.465 e. The summed E-state index contributed by atoms with van der Waals surface area (Å²) in [4.78, 5) is 11.3. The molecule has 3 heteroatoms. The van der Waals surface area contributed by atoms with Gasteiger partial charge in [-0.3, -0.25) is 0 Å². The molecule has 92 valence electrons. The second-order valence-corrected chi connectivity index (χ2v) is 3.91. The first-order chi connectivity index (χ1) is 8.79. The number of hydrogen-bond donors (Lipinski definition) is 1. The SMILES string of the molecule is COC(=O)c1ccc(NCc2ccccc2)cc1. The summed E-state index contributed by atoms with van der Waals surface area (Å²) in [6.45, 7) is 0.762. The van der Waals surface area contributed by atoms with Gasteiger partial charge in [0.25, 0.3) is 0 Å². The van der Waals surface area contributed by atoms with E-state index in [9.17, 15) is 4.79 Å². The fraction of sp³-hybridized carbons (Fsp3) is 0.133. The molecule has 18 heavy (non-hydrogen) atoms. The van der Waals surface area contributed by atoms with Crippen LogP contribution in [0.5, 0.6) is 0 Å². The molecule has 0 aliphatic heterocycles. The first-order valence-corrected chi connectivity index (χ1v) is 5.76. The van der Waals surface area contributed by atoms with Crippen molar-refractivity contribution in [2.75, 3.05) is 12.4 Å². The molecule has 2 aromatic carbocycles. The molecule has 0 saturated carbocycles. The summed E-state index contributed by atoms with van der Waals surface area (Å²) in [5, 5.41) is 3.29. The largest absolute Gasteiger partial charge is 0.465 e. The lowest BCUT2D eigenvalue weighted by Gasteiger charge is -2.07.